The smallest absolute Gasteiger partial charge is 0.122 e. The summed E-state index contributed by atoms with van der Waals surface area (Å²) in [6.07, 6.45) is 2.15. The first-order valence-corrected chi connectivity index (χ1v) is 7.63. The summed E-state index contributed by atoms with van der Waals surface area (Å²) in [5, 5.41) is 3.40. The first-order valence-electron chi connectivity index (χ1n) is 7.22. The predicted octanol–water partition coefficient (Wildman–Crippen LogP) is 4.85. The normalized spacial score (nSPS) is 10.7. The van der Waals surface area contributed by atoms with E-state index in [-0.39, 0.29) is 0 Å². The summed E-state index contributed by atoms with van der Waals surface area (Å²) >= 11 is 5.43. The highest BCUT2D eigenvalue weighted by atomic mass is 32.1. The Kier molecular flexibility index (Phi) is 4.31. The Morgan fingerprint density at radius 1 is 0.905 bits per heavy atom. The number of hydrogen-bond donors (Lipinski definition) is 1. The summed E-state index contributed by atoms with van der Waals surface area (Å²) in [6.45, 7) is 0.917. The number of H-pyrrole nitrogens is 1. The van der Waals surface area contributed by atoms with Crippen molar-refractivity contribution in [3.8, 4) is 11.3 Å². The molecule has 0 bridgehead atoms. The van der Waals surface area contributed by atoms with Crippen molar-refractivity contribution in [1.29, 1.82) is 0 Å². The minimum Gasteiger partial charge on any atom is -0.297 e. The van der Waals surface area contributed by atoms with Crippen molar-refractivity contribution >= 4 is 12.2 Å². The monoisotopic (exact) mass is 294 g/mol. The number of nitrogens with zero attached hydrogens (tertiary/aromatic N) is 1. The van der Waals surface area contributed by atoms with Crippen LogP contribution in [0.2, 0.25) is 0 Å². The van der Waals surface area contributed by atoms with Crippen molar-refractivity contribution in [3.63, 3.8) is 0 Å². The first-order chi connectivity index (χ1) is 10.3. The highest BCUT2D eigenvalue weighted by molar-refractivity contribution is 7.71. The number of aromatic amines is 1. The lowest BCUT2D eigenvalue weighted by Gasteiger charge is -2.04. The van der Waals surface area contributed by atoms with Gasteiger partial charge >= 0.3 is 0 Å². The van der Waals surface area contributed by atoms with E-state index in [9.17, 15) is 0 Å². The highest BCUT2D eigenvalue weighted by Crippen LogP contribution is 2.17. The average Bonchev–Trinajstić information content (AvgIpc) is 2.91. The van der Waals surface area contributed by atoms with Crippen LogP contribution in [-0.2, 0) is 13.0 Å². The minimum absolute atomic E-state index is 0.863. The van der Waals surface area contributed by atoms with E-state index in [4.69, 9.17) is 12.2 Å². The predicted molar refractivity (Wildman–Crippen MR) is 89.8 cm³/mol. The standard InChI is InChI=1S/C18H18N2S/c21-18-14-17(16-11-5-2-6-12-16)19-20(18)13-7-10-15-8-3-1-4-9-15/h1-6,8-9,11-12,14,19H,7,10,13H2. The van der Waals surface area contributed by atoms with Crippen LogP contribution in [0.1, 0.15) is 12.0 Å². The quantitative estimate of drug-likeness (QED) is 0.667. The van der Waals surface area contributed by atoms with Crippen LogP contribution in [0.3, 0.4) is 0 Å². The minimum atomic E-state index is 0.863. The van der Waals surface area contributed by atoms with Gasteiger partial charge in [-0.2, -0.15) is 0 Å². The molecule has 0 amide bonds. The number of aromatic nitrogens is 2. The zero-order chi connectivity index (χ0) is 14.5. The van der Waals surface area contributed by atoms with Gasteiger partial charge in [-0.05, 0) is 30.0 Å². The molecule has 1 N–H and O–H groups in total. The summed E-state index contributed by atoms with van der Waals surface area (Å²) in [4.78, 5) is 0. The van der Waals surface area contributed by atoms with Gasteiger partial charge in [-0.3, -0.25) is 9.78 Å². The first kappa shape index (κ1) is 13.8. The lowest BCUT2D eigenvalue weighted by atomic mass is 10.1. The van der Waals surface area contributed by atoms with Crippen LogP contribution in [0, 0.1) is 4.64 Å². The number of aryl methyl sites for hydroxylation is 2. The van der Waals surface area contributed by atoms with Gasteiger partial charge in [0.05, 0.1) is 5.69 Å². The van der Waals surface area contributed by atoms with E-state index in [0.717, 1.165) is 29.7 Å². The molecule has 0 aliphatic rings. The molecule has 0 saturated heterocycles. The molecule has 21 heavy (non-hydrogen) atoms. The van der Waals surface area contributed by atoms with Crippen LogP contribution < -0.4 is 0 Å². The Balaban J connectivity index is 1.67. The molecule has 3 aromatic rings. The third-order valence-corrected chi connectivity index (χ3v) is 3.90. The van der Waals surface area contributed by atoms with Gasteiger partial charge in [-0.25, -0.2) is 0 Å². The molecule has 2 nitrogen and oxygen atoms in total. The maximum atomic E-state index is 5.43. The van der Waals surface area contributed by atoms with Crippen molar-refractivity contribution in [1.82, 2.24) is 9.78 Å². The summed E-state index contributed by atoms with van der Waals surface area (Å²) in [6, 6.07) is 22.9. The third-order valence-electron chi connectivity index (χ3n) is 3.56. The zero-order valence-corrected chi connectivity index (χ0v) is 12.6. The van der Waals surface area contributed by atoms with Crippen LogP contribution in [0.5, 0.6) is 0 Å². The molecular formula is C18H18N2S. The summed E-state index contributed by atoms with van der Waals surface area (Å²) in [5.74, 6) is 0. The second-order valence-electron chi connectivity index (χ2n) is 5.11. The van der Waals surface area contributed by atoms with E-state index >= 15 is 0 Å². The Hall–Kier alpha value is -2.13. The lowest BCUT2D eigenvalue weighted by molar-refractivity contribution is 0.574. The molecule has 0 fully saturated rings. The molecule has 3 heteroatoms. The van der Waals surface area contributed by atoms with Crippen LogP contribution in [0.4, 0.5) is 0 Å². The Labute approximate surface area is 130 Å². The lowest BCUT2D eigenvalue weighted by Crippen LogP contribution is -2.01. The van der Waals surface area contributed by atoms with E-state index in [1.165, 1.54) is 11.1 Å². The van der Waals surface area contributed by atoms with Crippen LogP contribution in [-0.4, -0.2) is 9.78 Å². The second kappa shape index (κ2) is 6.55. The van der Waals surface area contributed by atoms with Gasteiger partial charge in [0.25, 0.3) is 0 Å². The molecule has 106 valence electrons. The second-order valence-corrected chi connectivity index (χ2v) is 5.53. The fourth-order valence-corrected chi connectivity index (χ4v) is 2.71. The molecule has 0 atom stereocenters. The fraction of sp³-hybridized carbons (Fsp3) is 0.167. The molecular weight excluding hydrogens is 276 g/mol. The molecule has 0 spiro atoms. The molecule has 2 aromatic carbocycles. The van der Waals surface area contributed by atoms with Crippen molar-refractivity contribution in [2.75, 3.05) is 0 Å². The topological polar surface area (TPSA) is 20.7 Å². The number of benzene rings is 2. The molecule has 1 aromatic heterocycles. The van der Waals surface area contributed by atoms with E-state index in [2.05, 4.69) is 52.2 Å². The Morgan fingerprint density at radius 3 is 2.29 bits per heavy atom. The SMILES string of the molecule is S=c1cc(-c2ccccc2)[nH]n1CCCc1ccccc1. The molecule has 0 aliphatic heterocycles. The molecule has 0 radical (unpaired) electrons. The fourth-order valence-electron chi connectivity index (χ4n) is 2.45. The molecule has 0 unspecified atom stereocenters. The van der Waals surface area contributed by atoms with Crippen molar-refractivity contribution in [3.05, 3.63) is 76.9 Å². The summed E-state index contributed by atoms with van der Waals surface area (Å²) in [7, 11) is 0. The van der Waals surface area contributed by atoms with Gasteiger partial charge in [-0.1, -0.05) is 72.9 Å². The average molecular weight is 294 g/mol. The van der Waals surface area contributed by atoms with Crippen LogP contribution >= 0.6 is 12.2 Å². The van der Waals surface area contributed by atoms with Crippen molar-refractivity contribution < 1.29 is 0 Å². The van der Waals surface area contributed by atoms with Gasteiger partial charge in [0.15, 0.2) is 0 Å². The number of rotatable bonds is 5. The Bertz CT molecular complexity index is 742. The van der Waals surface area contributed by atoms with E-state index < -0.39 is 0 Å². The van der Waals surface area contributed by atoms with Gasteiger partial charge in [0.2, 0.25) is 0 Å². The largest absolute Gasteiger partial charge is 0.297 e. The van der Waals surface area contributed by atoms with E-state index in [1.807, 2.05) is 24.3 Å². The van der Waals surface area contributed by atoms with Gasteiger partial charge in [-0.15, -0.1) is 0 Å². The molecule has 1 heterocycles. The Morgan fingerprint density at radius 2 is 1.57 bits per heavy atom. The van der Waals surface area contributed by atoms with Crippen LogP contribution in [0.25, 0.3) is 11.3 Å². The van der Waals surface area contributed by atoms with Crippen molar-refractivity contribution in [2.24, 2.45) is 0 Å². The van der Waals surface area contributed by atoms with Gasteiger partial charge < -0.3 is 0 Å². The number of hydrogen-bond acceptors (Lipinski definition) is 1. The highest BCUT2D eigenvalue weighted by Gasteiger charge is 2.02. The maximum absolute atomic E-state index is 5.43. The van der Waals surface area contributed by atoms with Crippen LogP contribution in [0.15, 0.2) is 66.7 Å². The molecule has 3 rings (SSSR count). The third kappa shape index (κ3) is 3.50. The summed E-state index contributed by atoms with van der Waals surface area (Å²) in [5.41, 5.74) is 3.63. The van der Waals surface area contributed by atoms with Gasteiger partial charge in [0, 0.05) is 6.54 Å². The summed E-state index contributed by atoms with van der Waals surface area (Å²) < 4.78 is 2.92. The maximum Gasteiger partial charge on any atom is 0.122 e. The van der Waals surface area contributed by atoms with E-state index in [0.29, 0.717) is 0 Å². The molecule has 0 saturated carbocycles. The number of nitrogens with one attached hydrogen (secondary N) is 1. The van der Waals surface area contributed by atoms with E-state index in [1.54, 1.807) is 0 Å². The molecule has 0 aliphatic carbocycles. The van der Waals surface area contributed by atoms with Gasteiger partial charge in [0.1, 0.15) is 4.64 Å². The van der Waals surface area contributed by atoms with Crippen molar-refractivity contribution in [2.45, 2.75) is 19.4 Å². The zero-order valence-electron chi connectivity index (χ0n) is 11.8.